The Hall–Kier alpha value is -2.57. The number of anilines is 1. The first-order valence-electron chi connectivity index (χ1n) is 7.75. The Kier molecular flexibility index (Phi) is 4.45. The number of hydrogen-bond acceptors (Lipinski definition) is 6. The molecule has 0 spiro atoms. The molecule has 0 aliphatic carbocycles. The third-order valence-electron chi connectivity index (χ3n) is 3.90. The van der Waals surface area contributed by atoms with E-state index in [4.69, 9.17) is 0 Å². The Morgan fingerprint density at radius 1 is 1.26 bits per heavy atom. The molecule has 0 saturated carbocycles. The van der Waals surface area contributed by atoms with E-state index in [1.165, 1.54) is 12.4 Å². The van der Waals surface area contributed by atoms with Gasteiger partial charge in [-0.2, -0.15) is 0 Å². The second-order valence-electron chi connectivity index (χ2n) is 5.77. The summed E-state index contributed by atoms with van der Waals surface area (Å²) >= 11 is 0. The molecule has 1 atom stereocenters. The van der Waals surface area contributed by atoms with Crippen molar-refractivity contribution in [3.05, 3.63) is 41.9 Å². The molecule has 7 nitrogen and oxygen atoms in total. The SMILES string of the molecule is Cc1cnc(C)c(N2CCCC(NC(=O)c3cnccn3)C2)n1. The number of hydrogen-bond donors (Lipinski definition) is 1. The number of nitrogens with zero attached hydrogens (tertiary/aromatic N) is 5. The number of rotatable bonds is 3. The van der Waals surface area contributed by atoms with Crippen LogP contribution in [-0.2, 0) is 0 Å². The van der Waals surface area contributed by atoms with Gasteiger partial charge in [0.25, 0.3) is 5.91 Å². The molecular weight excluding hydrogens is 292 g/mol. The van der Waals surface area contributed by atoms with Gasteiger partial charge in [-0.15, -0.1) is 0 Å². The van der Waals surface area contributed by atoms with Crippen LogP contribution in [-0.4, -0.2) is 45.0 Å². The molecule has 1 saturated heterocycles. The van der Waals surface area contributed by atoms with Gasteiger partial charge in [0.2, 0.25) is 0 Å². The molecule has 3 rings (SSSR count). The third kappa shape index (κ3) is 3.61. The van der Waals surface area contributed by atoms with Crippen LogP contribution < -0.4 is 10.2 Å². The zero-order valence-electron chi connectivity index (χ0n) is 13.4. The van der Waals surface area contributed by atoms with Gasteiger partial charge >= 0.3 is 0 Å². The summed E-state index contributed by atoms with van der Waals surface area (Å²) in [5.41, 5.74) is 2.16. The van der Waals surface area contributed by atoms with E-state index in [0.29, 0.717) is 5.69 Å². The molecule has 1 N–H and O–H groups in total. The van der Waals surface area contributed by atoms with Crippen LogP contribution in [0.25, 0.3) is 0 Å². The number of piperidine rings is 1. The largest absolute Gasteiger partial charge is 0.353 e. The van der Waals surface area contributed by atoms with E-state index in [0.717, 1.165) is 43.1 Å². The fraction of sp³-hybridized carbons (Fsp3) is 0.438. The number of aryl methyl sites for hydroxylation is 2. The minimum absolute atomic E-state index is 0.0694. The lowest BCUT2D eigenvalue weighted by Gasteiger charge is -2.34. The van der Waals surface area contributed by atoms with E-state index in [2.05, 4.69) is 30.2 Å². The summed E-state index contributed by atoms with van der Waals surface area (Å²) in [7, 11) is 0. The predicted octanol–water partition coefficient (Wildman–Crippen LogP) is 1.28. The van der Waals surface area contributed by atoms with E-state index >= 15 is 0 Å². The van der Waals surface area contributed by atoms with Gasteiger partial charge in [-0.3, -0.25) is 14.8 Å². The van der Waals surface area contributed by atoms with Crippen LogP contribution in [0, 0.1) is 13.8 Å². The Bertz CT molecular complexity index is 690. The second kappa shape index (κ2) is 6.68. The predicted molar refractivity (Wildman–Crippen MR) is 86.2 cm³/mol. The van der Waals surface area contributed by atoms with Crippen LogP contribution in [0.1, 0.15) is 34.7 Å². The summed E-state index contributed by atoms with van der Waals surface area (Å²) in [5, 5.41) is 3.04. The zero-order valence-corrected chi connectivity index (χ0v) is 13.4. The highest BCUT2D eigenvalue weighted by atomic mass is 16.2. The van der Waals surface area contributed by atoms with E-state index in [1.807, 2.05) is 13.8 Å². The smallest absolute Gasteiger partial charge is 0.271 e. The Labute approximate surface area is 135 Å². The highest BCUT2D eigenvalue weighted by Gasteiger charge is 2.24. The number of carbonyl (C=O) groups is 1. The summed E-state index contributed by atoms with van der Waals surface area (Å²) in [5.74, 6) is 0.723. The van der Waals surface area contributed by atoms with Crippen LogP contribution in [0.4, 0.5) is 5.82 Å². The molecule has 120 valence electrons. The molecule has 0 bridgehead atoms. The summed E-state index contributed by atoms with van der Waals surface area (Å²) in [4.78, 5) is 31.4. The van der Waals surface area contributed by atoms with E-state index in [1.54, 1.807) is 12.4 Å². The van der Waals surface area contributed by atoms with Crippen molar-refractivity contribution in [2.75, 3.05) is 18.0 Å². The number of carbonyl (C=O) groups excluding carboxylic acids is 1. The highest BCUT2D eigenvalue weighted by molar-refractivity contribution is 5.92. The van der Waals surface area contributed by atoms with Gasteiger partial charge in [0.05, 0.1) is 17.6 Å². The first-order valence-corrected chi connectivity index (χ1v) is 7.75. The molecule has 1 aliphatic rings. The standard InChI is InChI=1S/C16H20N6O/c1-11-8-19-12(2)15(20-11)22-7-3-4-13(10-22)21-16(23)14-9-17-5-6-18-14/h5-6,8-9,13H,3-4,7,10H2,1-2H3,(H,21,23). The van der Waals surface area contributed by atoms with Crippen molar-refractivity contribution >= 4 is 11.7 Å². The van der Waals surface area contributed by atoms with Crippen molar-refractivity contribution in [2.24, 2.45) is 0 Å². The monoisotopic (exact) mass is 312 g/mol. The molecule has 23 heavy (non-hydrogen) atoms. The van der Waals surface area contributed by atoms with Gasteiger partial charge in [0.1, 0.15) is 11.5 Å². The van der Waals surface area contributed by atoms with Crippen LogP contribution in [0.2, 0.25) is 0 Å². The lowest BCUT2D eigenvalue weighted by molar-refractivity contribution is 0.0927. The number of nitrogens with one attached hydrogen (secondary N) is 1. The van der Waals surface area contributed by atoms with E-state index in [9.17, 15) is 4.79 Å². The van der Waals surface area contributed by atoms with Crippen LogP contribution in [0.3, 0.4) is 0 Å². The van der Waals surface area contributed by atoms with Crippen LogP contribution in [0.15, 0.2) is 24.8 Å². The normalized spacial score (nSPS) is 17.8. The van der Waals surface area contributed by atoms with Gasteiger partial charge in [-0.05, 0) is 26.7 Å². The first kappa shape index (κ1) is 15.3. The van der Waals surface area contributed by atoms with Crippen LogP contribution in [0.5, 0.6) is 0 Å². The molecule has 7 heteroatoms. The highest BCUT2D eigenvalue weighted by Crippen LogP contribution is 2.20. The van der Waals surface area contributed by atoms with Crippen molar-refractivity contribution in [2.45, 2.75) is 32.7 Å². The van der Waals surface area contributed by atoms with Crippen molar-refractivity contribution < 1.29 is 4.79 Å². The average molecular weight is 312 g/mol. The quantitative estimate of drug-likeness (QED) is 0.919. The molecule has 0 radical (unpaired) electrons. The molecular formula is C16H20N6O. The maximum absolute atomic E-state index is 12.2. The zero-order chi connectivity index (χ0) is 16.2. The minimum Gasteiger partial charge on any atom is -0.353 e. The molecule has 0 aromatic carbocycles. The Morgan fingerprint density at radius 2 is 2.13 bits per heavy atom. The van der Waals surface area contributed by atoms with Gasteiger partial charge in [0, 0.05) is 37.7 Å². The third-order valence-corrected chi connectivity index (χ3v) is 3.90. The van der Waals surface area contributed by atoms with Crippen molar-refractivity contribution in [1.82, 2.24) is 25.3 Å². The maximum atomic E-state index is 12.2. The topological polar surface area (TPSA) is 83.9 Å². The number of aromatic nitrogens is 4. The van der Waals surface area contributed by atoms with Crippen molar-refractivity contribution in [1.29, 1.82) is 0 Å². The fourth-order valence-electron chi connectivity index (χ4n) is 2.79. The molecule has 2 aromatic rings. The summed E-state index contributed by atoms with van der Waals surface area (Å²) in [6.45, 7) is 5.55. The Balaban J connectivity index is 1.69. The fourth-order valence-corrected chi connectivity index (χ4v) is 2.79. The molecule has 1 aliphatic heterocycles. The Morgan fingerprint density at radius 3 is 2.91 bits per heavy atom. The molecule has 2 aromatic heterocycles. The maximum Gasteiger partial charge on any atom is 0.271 e. The second-order valence-corrected chi connectivity index (χ2v) is 5.77. The lowest BCUT2D eigenvalue weighted by Crippen LogP contribution is -2.48. The summed E-state index contributed by atoms with van der Waals surface area (Å²) in [6, 6.07) is 0.0694. The summed E-state index contributed by atoms with van der Waals surface area (Å²) < 4.78 is 0. The van der Waals surface area contributed by atoms with Gasteiger partial charge < -0.3 is 10.2 Å². The minimum atomic E-state index is -0.183. The van der Waals surface area contributed by atoms with Crippen molar-refractivity contribution in [3.63, 3.8) is 0 Å². The lowest BCUT2D eigenvalue weighted by atomic mass is 10.1. The van der Waals surface area contributed by atoms with Gasteiger partial charge in [0.15, 0.2) is 0 Å². The van der Waals surface area contributed by atoms with E-state index in [-0.39, 0.29) is 11.9 Å². The average Bonchev–Trinajstić information content (AvgIpc) is 2.58. The molecule has 3 heterocycles. The number of amides is 1. The van der Waals surface area contributed by atoms with Gasteiger partial charge in [-0.1, -0.05) is 0 Å². The van der Waals surface area contributed by atoms with Crippen LogP contribution >= 0.6 is 0 Å². The molecule has 1 fully saturated rings. The summed E-state index contributed by atoms with van der Waals surface area (Å²) in [6.07, 6.45) is 8.27. The van der Waals surface area contributed by atoms with Crippen molar-refractivity contribution in [3.8, 4) is 0 Å². The molecule has 1 unspecified atom stereocenters. The molecule has 1 amide bonds. The first-order chi connectivity index (χ1) is 11.1. The van der Waals surface area contributed by atoms with E-state index < -0.39 is 0 Å². The van der Waals surface area contributed by atoms with Gasteiger partial charge in [-0.25, -0.2) is 9.97 Å².